The molecule has 0 aliphatic carbocycles. The van der Waals surface area contributed by atoms with Crippen molar-refractivity contribution in [2.75, 3.05) is 25.2 Å². The standard InChI is InChI=1S/C14H15F3N4O2/c1-6-5-23-13-9-11(10(17)7(2)18-13)19-14(22-3)20-12(9)21(6)4-8(15)16/h6,8H,4-5H2,1-3H3/t6-/m0/s1. The van der Waals surface area contributed by atoms with Crippen LogP contribution in [0.15, 0.2) is 0 Å². The van der Waals surface area contributed by atoms with E-state index in [0.717, 1.165) is 0 Å². The summed E-state index contributed by atoms with van der Waals surface area (Å²) >= 11 is 0. The van der Waals surface area contributed by atoms with Gasteiger partial charge in [-0.2, -0.15) is 9.97 Å². The largest absolute Gasteiger partial charge is 0.475 e. The van der Waals surface area contributed by atoms with Crippen molar-refractivity contribution in [3.8, 4) is 11.9 Å². The van der Waals surface area contributed by atoms with Crippen molar-refractivity contribution in [3.05, 3.63) is 11.5 Å². The molecule has 0 N–H and O–H groups in total. The third kappa shape index (κ3) is 2.60. The molecule has 9 heteroatoms. The number of alkyl halides is 2. The molecule has 0 fully saturated rings. The zero-order chi connectivity index (χ0) is 16.7. The van der Waals surface area contributed by atoms with Crippen LogP contribution in [0.5, 0.6) is 11.9 Å². The Morgan fingerprint density at radius 2 is 2.09 bits per heavy atom. The van der Waals surface area contributed by atoms with E-state index in [1.165, 1.54) is 18.9 Å². The van der Waals surface area contributed by atoms with Gasteiger partial charge in [0.15, 0.2) is 5.82 Å². The molecule has 3 heterocycles. The van der Waals surface area contributed by atoms with E-state index < -0.39 is 24.8 Å². The minimum atomic E-state index is -2.58. The number of hydrogen-bond acceptors (Lipinski definition) is 6. The number of rotatable bonds is 3. The van der Waals surface area contributed by atoms with Gasteiger partial charge in [-0.05, 0) is 13.8 Å². The van der Waals surface area contributed by atoms with E-state index in [1.54, 1.807) is 6.92 Å². The molecule has 6 nitrogen and oxygen atoms in total. The first-order chi connectivity index (χ1) is 10.9. The second-order valence-electron chi connectivity index (χ2n) is 5.28. The van der Waals surface area contributed by atoms with Gasteiger partial charge in [-0.1, -0.05) is 0 Å². The zero-order valence-corrected chi connectivity index (χ0v) is 12.8. The Labute approximate surface area is 130 Å². The van der Waals surface area contributed by atoms with Crippen molar-refractivity contribution in [1.82, 2.24) is 15.0 Å². The van der Waals surface area contributed by atoms with Gasteiger partial charge in [0.25, 0.3) is 6.43 Å². The van der Waals surface area contributed by atoms with Crippen molar-refractivity contribution >= 4 is 16.7 Å². The van der Waals surface area contributed by atoms with E-state index in [1.807, 2.05) is 0 Å². The van der Waals surface area contributed by atoms with Gasteiger partial charge in [0, 0.05) is 0 Å². The molecule has 124 valence electrons. The Morgan fingerprint density at radius 1 is 1.35 bits per heavy atom. The number of halogens is 3. The average molecular weight is 328 g/mol. The summed E-state index contributed by atoms with van der Waals surface area (Å²) in [4.78, 5) is 13.6. The molecule has 1 atom stereocenters. The Hall–Kier alpha value is -2.32. The molecule has 0 unspecified atom stereocenters. The Morgan fingerprint density at radius 3 is 2.74 bits per heavy atom. The molecule has 23 heavy (non-hydrogen) atoms. The lowest BCUT2D eigenvalue weighted by Gasteiger charge is -2.28. The van der Waals surface area contributed by atoms with Crippen LogP contribution in [0.2, 0.25) is 0 Å². The Kier molecular flexibility index (Phi) is 3.87. The van der Waals surface area contributed by atoms with Crippen molar-refractivity contribution in [3.63, 3.8) is 0 Å². The van der Waals surface area contributed by atoms with Crippen molar-refractivity contribution in [2.45, 2.75) is 26.3 Å². The molecule has 0 bridgehead atoms. The van der Waals surface area contributed by atoms with Gasteiger partial charge < -0.3 is 14.4 Å². The number of aryl methyl sites for hydroxylation is 1. The fourth-order valence-electron chi connectivity index (χ4n) is 2.53. The molecular formula is C14H15F3N4O2. The summed E-state index contributed by atoms with van der Waals surface area (Å²) < 4.78 is 50.9. The highest BCUT2D eigenvalue weighted by Crippen LogP contribution is 2.37. The summed E-state index contributed by atoms with van der Waals surface area (Å²) in [5.74, 6) is -0.375. The molecule has 2 aromatic heterocycles. The van der Waals surface area contributed by atoms with Crippen LogP contribution in [0.4, 0.5) is 19.0 Å². The molecular weight excluding hydrogens is 313 g/mol. The number of methoxy groups -OCH3 is 1. The highest BCUT2D eigenvalue weighted by molar-refractivity contribution is 5.95. The monoisotopic (exact) mass is 328 g/mol. The lowest BCUT2D eigenvalue weighted by molar-refractivity contribution is 0.149. The van der Waals surface area contributed by atoms with Gasteiger partial charge in [-0.25, -0.2) is 18.2 Å². The summed E-state index contributed by atoms with van der Waals surface area (Å²) in [6, 6.07) is -0.499. The molecule has 1 aliphatic heterocycles. The zero-order valence-electron chi connectivity index (χ0n) is 12.8. The first kappa shape index (κ1) is 15.6. The smallest absolute Gasteiger partial charge is 0.318 e. The van der Waals surface area contributed by atoms with E-state index in [-0.39, 0.29) is 40.9 Å². The summed E-state index contributed by atoms with van der Waals surface area (Å²) in [7, 11) is 1.33. The minimum Gasteiger partial charge on any atom is -0.475 e. The Bertz CT molecular complexity index is 757. The second kappa shape index (κ2) is 5.71. The number of ether oxygens (including phenoxy) is 2. The predicted octanol–water partition coefficient (Wildman–Crippen LogP) is 2.33. The number of aromatic nitrogens is 3. The van der Waals surface area contributed by atoms with Crippen LogP contribution in [0.3, 0.4) is 0 Å². The molecule has 2 aromatic rings. The summed E-state index contributed by atoms with van der Waals surface area (Å²) in [6.07, 6.45) is -2.58. The van der Waals surface area contributed by atoms with Gasteiger partial charge in [0.2, 0.25) is 5.88 Å². The van der Waals surface area contributed by atoms with E-state index >= 15 is 0 Å². The third-order valence-electron chi connectivity index (χ3n) is 3.66. The number of pyridine rings is 1. The second-order valence-corrected chi connectivity index (χ2v) is 5.28. The molecule has 3 rings (SSSR count). The molecule has 0 saturated carbocycles. The molecule has 0 spiro atoms. The van der Waals surface area contributed by atoms with Crippen LogP contribution in [-0.2, 0) is 0 Å². The lowest BCUT2D eigenvalue weighted by Crippen LogP contribution is -2.40. The molecule has 1 aliphatic rings. The normalized spacial score (nSPS) is 17.3. The van der Waals surface area contributed by atoms with E-state index in [4.69, 9.17) is 9.47 Å². The van der Waals surface area contributed by atoms with Crippen LogP contribution >= 0.6 is 0 Å². The van der Waals surface area contributed by atoms with Gasteiger partial charge in [0.05, 0.1) is 25.4 Å². The first-order valence-corrected chi connectivity index (χ1v) is 7.01. The minimum absolute atomic E-state index is 0.0530. The molecule has 0 aromatic carbocycles. The van der Waals surface area contributed by atoms with E-state index in [2.05, 4.69) is 15.0 Å². The predicted molar refractivity (Wildman–Crippen MR) is 76.9 cm³/mol. The number of hydrogen-bond donors (Lipinski definition) is 0. The van der Waals surface area contributed by atoms with Gasteiger partial charge in [-0.15, -0.1) is 0 Å². The average Bonchev–Trinajstić information content (AvgIpc) is 2.64. The summed E-state index contributed by atoms with van der Waals surface area (Å²) in [5.41, 5.74) is 0.0527. The van der Waals surface area contributed by atoms with Crippen molar-refractivity contribution in [1.29, 1.82) is 0 Å². The molecule has 0 radical (unpaired) electrons. The van der Waals surface area contributed by atoms with Gasteiger partial charge >= 0.3 is 6.01 Å². The highest BCUT2D eigenvalue weighted by atomic mass is 19.3. The topological polar surface area (TPSA) is 60.4 Å². The maximum absolute atomic E-state index is 14.4. The van der Waals surface area contributed by atoms with Crippen LogP contribution < -0.4 is 14.4 Å². The first-order valence-electron chi connectivity index (χ1n) is 7.01. The van der Waals surface area contributed by atoms with Crippen LogP contribution in [-0.4, -0.2) is 47.7 Å². The molecule has 0 amide bonds. The fraction of sp³-hybridized carbons (Fsp3) is 0.500. The van der Waals surface area contributed by atoms with Gasteiger partial charge in [0.1, 0.15) is 23.3 Å². The van der Waals surface area contributed by atoms with E-state index in [9.17, 15) is 13.2 Å². The molecule has 0 saturated heterocycles. The number of nitrogens with zero attached hydrogens (tertiary/aromatic N) is 4. The van der Waals surface area contributed by atoms with Crippen molar-refractivity contribution < 1.29 is 22.6 Å². The summed E-state index contributed by atoms with van der Waals surface area (Å²) in [5, 5.41) is 0.180. The SMILES string of the molecule is COc1nc2c3c(nc(C)c(F)c3n1)OC[C@H](C)N2CC(F)F. The fourth-order valence-corrected chi connectivity index (χ4v) is 2.53. The van der Waals surface area contributed by atoms with Crippen LogP contribution in [0.1, 0.15) is 12.6 Å². The Balaban J connectivity index is 2.34. The number of anilines is 1. The lowest BCUT2D eigenvalue weighted by atomic mass is 10.2. The van der Waals surface area contributed by atoms with Crippen LogP contribution in [0.25, 0.3) is 10.9 Å². The summed E-state index contributed by atoms with van der Waals surface area (Å²) in [6.45, 7) is 2.76. The highest BCUT2D eigenvalue weighted by Gasteiger charge is 2.31. The quantitative estimate of drug-likeness (QED) is 0.862. The van der Waals surface area contributed by atoms with E-state index in [0.29, 0.717) is 0 Å². The van der Waals surface area contributed by atoms with Crippen molar-refractivity contribution in [2.24, 2.45) is 0 Å². The third-order valence-corrected chi connectivity index (χ3v) is 3.66. The maximum Gasteiger partial charge on any atom is 0.318 e. The maximum atomic E-state index is 14.4. The van der Waals surface area contributed by atoms with Gasteiger partial charge in [-0.3, -0.25) is 0 Å². The van der Waals surface area contributed by atoms with Crippen LogP contribution in [0, 0.1) is 12.7 Å².